The van der Waals surface area contributed by atoms with Gasteiger partial charge in [-0.1, -0.05) is 0 Å². The van der Waals surface area contributed by atoms with Gasteiger partial charge >= 0.3 is 0 Å². The molecule has 13 heavy (non-hydrogen) atoms. The first kappa shape index (κ1) is 8.51. The van der Waals surface area contributed by atoms with Gasteiger partial charge in [0, 0.05) is 24.8 Å². The third-order valence-electron chi connectivity index (χ3n) is 2.29. The topological polar surface area (TPSA) is 36.4 Å². The fourth-order valence-electron chi connectivity index (χ4n) is 1.60. The summed E-state index contributed by atoms with van der Waals surface area (Å²) in [5, 5.41) is 9.35. The molecule has 0 aliphatic carbocycles. The standard InChI is InChI=1S/C10H13N2O/c1-8-3-2-4-10(11-8)12-6-5-9(13)7-12/h2,4,9,13H,5-7H2,1H3/t9-/m1/s1. The summed E-state index contributed by atoms with van der Waals surface area (Å²) in [4.78, 5) is 6.45. The maximum Gasteiger partial charge on any atom is 0.128 e. The quantitative estimate of drug-likeness (QED) is 0.688. The van der Waals surface area contributed by atoms with Crippen molar-refractivity contribution in [3.8, 4) is 0 Å². The summed E-state index contributed by atoms with van der Waals surface area (Å²) < 4.78 is 0. The summed E-state index contributed by atoms with van der Waals surface area (Å²) in [5.74, 6) is 0.952. The van der Waals surface area contributed by atoms with E-state index in [-0.39, 0.29) is 6.10 Å². The number of hydrogen-bond acceptors (Lipinski definition) is 3. The van der Waals surface area contributed by atoms with Crippen LogP contribution in [-0.4, -0.2) is 29.3 Å². The van der Waals surface area contributed by atoms with Crippen molar-refractivity contribution in [2.45, 2.75) is 19.4 Å². The number of nitrogens with zero attached hydrogens (tertiary/aromatic N) is 2. The van der Waals surface area contributed by atoms with Crippen LogP contribution in [0.4, 0.5) is 5.82 Å². The van der Waals surface area contributed by atoms with E-state index in [4.69, 9.17) is 0 Å². The lowest BCUT2D eigenvalue weighted by Crippen LogP contribution is -2.22. The third kappa shape index (κ3) is 1.80. The number of aliphatic hydroxyl groups excluding tert-OH is 1. The smallest absolute Gasteiger partial charge is 0.128 e. The highest BCUT2D eigenvalue weighted by molar-refractivity contribution is 5.40. The Morgan fingerprint density at radius 1 is 1.69 bits per heavy atom. The van der Waals surface area contributed by atoms with Crippen molar-refractivity contribution in [2.75, 3.05) is 18.0 Å². The Labute approximate surface area is 78.0 Å². The molecule has 0 amide bonds. The molecule has 1 fully saturated rings. The van der Waals surface area contributed by atoms with Crippen LogP contribution in [0.2, 0.25) is 0 Å². The van der Waals surface area contributed by atoms with Gasteiger partial charge in [-0.3, -0.25) is 0 Å². The maximum absolute atomic E-state index is 9.35. The Morgan fingerprint density at radius 3 is 3.15 bits per heavy atom. The molecule has 0 spiro atoms. The molecule has 0 bridgehead atoms. The molecule has 0 aromatic carbocycles. The molecular weight excluding hydrogens is 164 g/mol. The normalized spacial score (nSPS) is 22.3. The largest absolute Gasteiger partial charge is 0.391 e. The Hall–Kier alpha value is -1.09. The van der Waals surface area contributed by atoms with E-state index in [0.717, 1.165) is 24.5 Å². The first-order chi connectivity index (χ1) is 6.25. The van der Waals surface area contributed by atoms with Crippen LogP contribution in [-0.2, 0) is 0 Å². The first-order valence-corrected chi connectivity index (χ1v) is 4.54. The summed E-state index contributed by atoms with van der Waals surface area (Å²) in [5.41, 5.74) is 0.902. The van der Waals surface area contributed by atoms with Gasteiger partial charge in [0.1, 0.15) is 5.82 Å². The van der Waals surface area contributed by atoms with Crippen LogP contribution in [0.5, 0.6) is 0 Å². The molecule has 1 aliphatic rings. The summed E-state index contributed by atoms with van der Waals surface area (Å²) in [6.07, 6.45) is 0.658. The number of aliphatic hydroxyl groups is 1. The molecule has 0 unspecified atom stereocenters. The lowest BCUT2D eigenvalue weighted by molar-refractivity contribution is 0.198. The second-order valence-corrected chi connectivity index (χ2v) is 3.42. The molecule has 1 aromatic heterocycles. The summed E-state index contributed by atoms with van der Waals surface area (Å²) >= 11 is 0. The van der Waals surface area contributed by atoms with Crippen molar-refractivity contribution in [2.24, 2.45) is 0 Å². The molecule has 1 aliphatic heterocycles. The van der Waals surface area contributed by atoms with E-state index in [1.165, 1.54) is 0 Å². The van der Waals surface area contributed by atoms with Gasteiger partial charge in [-0.2, -0.15) is 0 Å². The summed E-state index contributed by atoms with van der Waals surface area (Å²) in [6, 6.07) is 6.82. The van der Waals surface area contributed by atoms with Crippen LogP contribution in [0.3, 0.4) is 0 Å². The minimum atomic E-state index is -0.189. The molecule has 1 saturated heterocycles. The SMILES string of the molecule is Cc1[c]ccc(N2CC[C@@H](O)C2)n1. The zero-order valence-corrected chi connectivity index (χ0v) is 7.70. The van der Waals surface area contributed by atoms with Crippen LogP contribution < -0.4 is 4.90 Å². The van der Waals surface area contributed by atoms with Gasteiger partial charge in [0.05, 0.1) is 6.10 Å². The number of aryl methyl sites for hydroxylation is 1. The zero-order valence-electron chi connectivity index (χ0n) is 7.70. The average Bonchev–Trinajstić information content (AvgIpc) is 2.52. The van der Waals surface area contributed by atoms with Crippen LogP contribution in [0.25, 0.3) is 0 Å². The fourth-order valence-corrected chi connectivity index (χ4v) is 1.60. The number of anilines is 1. The second kappa shape index (κ2) is 3.34. The van der Waals surface area contributed by atoms with E-state index >= 15 is 0 Å². The van der Waals surface area contributed by atoms with E-state index in [0.29, 0.717) is 6.54 Å². The van der Waals surface area contributed by atoms with Crippen molar-refractivity contribution in [3.05, 3.63) is 23.9 Å². The first-order valence-electron chi connectivity index (χ1n) is 4.54. The van der Waals surface area contributed by atoms with Gasteiger partial charge in [-0.25, -0.2) is 4.98 Å². The van der Waals surface area contributed by atoms with Crippen LogP contribution in [0.15, 0.2) is 12.1 Å². The van der Waals surface area contributed by atoms with Gasteiger partial charge in [-0.05, 0) is 25.5 Å². The number of pyridine rings is 1. The number of aromatic nitrogens is 1. The minimum absolute atomic E-state index is 0.189. The average molecular weight is 177 g/mol. The van der Waals surface area contributed by atoms with Crippen molar-refractivity contribution < 1.29 is 5.11 Å². The predicted octanol–water partition coefficient (Wildman–Crippen LogP) is 0.761. The third-order valence-corrected chi connectivity index (χ3v) is 2.29. The predicted molar refractivity (Wildman–Crippen MR) is 50.6 cm³/mol. The molecule has 69 valence electrons. The Kier molecular flexibility index (Phi) is 2.19. The minimum Gasteiger partial charge on any atom is -0.391 e. The maximum atomic E-state index is 9.35. The van der Waals surface area contributed by atoms with E-state index in [9.17, 15) is 5.11 Å². The Bertz CT molecular complexity index is 301. The highest BCUT2D eigenvalue weighted by atomic mass is 16.3. The van der Waals surface area contributed by atoms with Crippen LogP contribution in [0.1, 0.15) is 12.1 Å². The molecule has 3 heteroatoms. The number of hydrogen-bond donors (Lipinski definition) is 1. The summed E-state index contributed by atoms with van der Waals surface area (Å²) in [6.45, 7) is 3.53. The van der Waals surface area contributed by atoms with Crippen molar-refractivity contribution >= 4 is 5.82 Å². The molecule has 3 nitrogen and oxygen atoms in total. The molecule has 2 rings (SSSR count). The lowest BCUT2D eigenvalue weighted by atomic mass is 10.3. The molecule has 1 atom stereocenters. The van der Waals surface area contributed by atoms with Gasteiger partial charge in [-0.15, -0.1) is 0 Å². The zero-order chi connectivity index (χ0) is 9.26. The fraction of sp³-hybridized carbons (Fsp3) is 0.500. The van der Waals surface area contributed by atoms with Crippen molar-refractivity contribution in [1.29, 1.82) is 0 Å². The Morgan fingerprint density at radius 2 is 2.54 bits per heavy atom. The van der Waals surface area contributed by atoms with E-state index in [2.05, 4.69) is 16.0 Å². The highest BCUT2D eigenvalue weighted by Gasteiger charge is 2.20. The van der Waals surface area contributed by atoms with Crippen molar-refractivity contribution in [1.82, 2.24) is 4.98 Å². The number of β-amino-alcohol motifs (C(OH)–C–C–N with tert-alkyl or cyclic N) is 1. The van der Waals surface area contributed by atoms with Crippen molar-refractivity contribution in [3.63, 3.8) is 0 Å². The highest BCUT2D eigenvalue weighted by Crippen LogP contribution is 2.17. The van der Waals surface area contributed by atoms with Crippen LogP contribution >= 0.6 is 0 Å². The lowest BCUT2D eigenvalue weighted by Gasteiger charge is -2.16. The monoisotopic (exact) mass is 177 g/mol. The van der Waals surface area contributed by atoms with Gasteiger partial charge in [0.15, 0.2) is 0 Å². The van der Waals surface area contributed by atoms with E-state index in [1.54, 1.807) is 0 Å². The number of rotatable bonds is 1. The molecule has 0 saturated carbocycles. The Balaban J connectivity index is 2.16. The van der Waals surface area contributed by atoms with Crippen LogP contribution in [0, 0.1) is 13.0 Å². The van der Waals surface area contributed by atoms with Gasteiger partial charge < -0.3 is 10.0 Å². The van der Waals surface area contributed by atoms with Gasteiger partial charge in [0.2, 0.25) is 0 Å². The summed E-state index contributed by atoms with van der Waals surface area (Å²) in [7, 11) is 0. The van der Waals surface area contributed by atoms with E-state index in [1.807, 2.05) is 19.1 Å². The molecule has 1 radical (unpaired) electrons. The molecular formula is C10H13N2O. The second-order valence-electron chi connectivity index (χ2n) is 3.42. The van der Waals surface area contributed by atoms with Gasteiger partial charge in [0.25, 0.3) is 0 Å². The van der Waals surface area contributed by atoms with E-state index < -0.39 is 0 Å². The molecule has 1 N–H and O–H groups in total. The molecule has 1 aromatic rings. The molecule has 2 heterocycles.